The van der Waals surface area contributed by atoms with Crippen molar-refractivity contribution in [1.82, 2.24) is 0 Å². The number of unbranched alkanes of at least 4 members (excludes halogenated alkanes) is 4. The van der Waals surface area contributed by atoms with Crippen LogP contribution in [-0.2, 0) is 25.2 Å². The number of carboxylic acids is 1. The van der Waals surface area contributed by atoms with E-state index in [4.69, 9.17) is 5.11 Å². The molecule has 0 aromatic carbocycles. The molecule has 0 aromatic heterocycles. The van der Waals surface area contributed by atoms with E-state index in [0.717, 1.165) is 12.8 Å². The second kappa shape index (κ2) is 13.6. The van der Waals surface area contributed by atoms with E-state index >= 15 is 0 Å². The van der Waals surface area contributed by atoms with Gasteiger partial charge in [0.15, 0.2) is 0 Å². The summed E-state index contributed by atoms with van der Waals surface area (Å²) in [4.78, 5) is 10.0. The van der Waals surface area contributed by atoms with Crippen molar-refractivity contribution in [2.75, 3.05) is 0 Å². The Hall–Kier alpha value is 0.0623. The Labute approximate surface area is 86.8 Å². The number of aliphatic carboxylic acids is 1. The molecule has 0 fully saturated rings. The summed E-state index contributed by atoms with van der Waals surface area (Å²) in [7, 11) is 0. The molecule has 0 aliphatic carbocycles. The Morgan fingerprint density at radius 2 is 1.67 bits per heavy atom. The zero-order valence-electron chi connectivity index (χ0n) is 7.32. The van der Waals surface area contributed by atoms with Crippen molar-refractivity contribution in [3.05, 3.63) is 0 Å². The number of hydrogen-bond donors (Lipinski definition) is 1. The molecule has 0 unspecified atom stereocenters. The summed E-state index contributed by atoms with van der Waals surface area (Å²) in [6, 6.07) is 0. The summed E-state index contributed by atoms with van der Waals surface area (Å²) in [5, 5.41) is 8.27. The Bertz CT molecular complexity index is 99.1. The number of carboxylic acid groups (broad SMARTS) is 1. The summed E-state index contributed by atoms with van der Waals surface area (Å²) in [6.45, 7) is 2.15. The quantitative estimate of drug-likeness (QED) is 0.595. The van der Waals surface area contributed by atoms with Gasteiger partial charge in [0.05, 0.1) is 0 Å². The zero-order chi connectivity index (χ0) is 7.82. The fourth-order valence-electron chi connectivity index (χ4n) is 0.880. The van der Waals surface area contributed by atoms with Crippen LogP contribution >= 0.6 is 0 Å². The van der Waals surface area contributed by atoms with Gasteiger partial charge in [-0.3, -0.25) is 9.50 Å². The summed E-state index contributed by atoms with van der Waals surface area (Å²) in [5.41, 5.74) is 0. The molecule has 0 aromatic rings. The van der Waals surface area contributed by atoms with Crippen LogP contribution in [0.2, 0.25) is 0 Å². The molecule has 0 radical (unpaired) electrons. The minimum Gasteiger partial charge on any atom is -0.481 e. The van der Waals surface area contributed by atoms with Crippen molar-refractivity contribution in [1.29, 1.82) is 0 Å². The average Bonchev–Trinajstić information content (AvgIpc) is 1.87. The second-order valence-electron chi connectivity index (χ2n) is 2.56. The van der Waals surface area contributed by atoms with E-state index < -0.39 is 5.97 Å². The van der Waals surface area contributed by atoms with Gasteiger partial charge in [0, 0.05) is 26.8 Å². The van der Waals surface area contributed by atoms with E-state index in [2.05, 4.69) is 6.92 Å². The van der Waals surface area contributed by atoms with Gasteiger partial charge in [0.2, 0.25) is 0 Å². The Kier molecular flexibility index (Phi) is 20.4. The molecule has 0 atom stereocenters. The summed E-state index contributed by atoms with van der Waals surface area (Å²) in [6.07, 6.45) is 5.88. The average molecular weight is 271 g/mol. The maximum Gasteiger partial charge on any atom is 0.303 e. The maximum absolute atomic E-state index is 10.0. The molecule has 0 aliphatic rings. The standard InChI is InChI=1S/C8H16O2.FH.Pd/c1-2-3-4-5-6-7-8(9)10;;/h2-7H2,1H3,(H,9,10);1H;. The van der Waals surface area contributed by atoms with Crippen LogP contribution in [0.25, 0.3) is 0 Å². The molecular formula is C8H17FO2Pd. The molecule has 0 saturated heterocycles. The molecule has 0 saturated carbocycles. The Morgan fingerprint density at radius 3 is 2.08 bits per heavy atom. The van der Waals surface area contributed by atoms with Gasteiger partial charge in [-0.05, 0) is 6.42 Å². The number of rotatable bonds is 6. The SMILES string of the molecule is CCCCCCCC(=O)O.F.[Pd]. The van der Waals surface area contributed by atoms with Gasteiger partial charge in [-0.15, -0.1) is 0 Å². The molecule has 0 spiro atoms. The molecule has 0 heterocycles. The third kappa shape index (κ3) is 16.6. The van der Waals surface area contributed by atoms with Crippen LogP contribution in [0.15, 0.2) is 0 Å². The van der Waals surface area contributed by atoms with E-state index in [1.54, 1.807) is 0 Å². The minimum atomic E-state index is -0.670. The van der Waals surface area contributed by atoms with Crippen LogP contribution in [0.5, 0.6) is 0 Å². The zero-order valence-corrected chi connectivity index (χ0v) is 8.88. The first-order valence-electron chi connectivity index (χ1n) is 3.99. The predicted octanol–water partition coefficient (Wildman–Crippen LogP) is 2.58. The van der Waals surface area contributed by atoms with Crippen molar-refractivity contribution >= 4 is 5.97 Å². The molecule has 2 nitrogen and oxygen atoms in total. The third-order valence-electron chi connectivity index (χ3n) is 1.49. The van der Waals surface area contributed by atoms with Crippen LogP contribution in [-0.4, -0.2) is 11.1 Å². The fraction of sp³-hybridized carbons (Fsp3) is 0.875. The van der Waals surface area contributed by atoms with Crippen LogP contribution in [0.4, 0.5) is 4.70 Å². The number of halogens is 1. The van der Waals surface area contributed by atoms with Crippen molar-refractivity contribution < 1.29 is 35.0 Å². The first-order valence-corrected chi connectivity index (χ1v) is 3.99. The topological polar surface area (TPSA) is 37.3 Å². The van der Waals surface area contributed by atoms with Crippen molar-refractivity contribution in [2.45, 2.75) is 45.4 Å². The van der Waals surface area contributed by atoms with Crippen LogP contribution in [0, 0.1) is 0 Å². The van der Waals surface area contributed by atoms with Crippen molar-refractivity contribution in [3.63, 3.8) is 0 Å². The van der Waals surface area contributed by atoms with E-state index in [0.29, 0.717) is 6.42 Å². The molecule has 0 amide bonds. The smallest absolute Gasteiger partial charge is 0.303 e. The number of hydrogen-bond acceptors (Lipinski definition) is 1. The monoisotopic (exact) mass is 270 g/mol. The molecule has 1 N–H and O–H groups in total. The molecule has 0 aliphatic heterocycles. The van der Waals surface area contributed by atoms with Gasteiger partial charge >= 0.3 is 5.97 Å². The summed E-state index contributed by atoms with van der Waals surface area (Å²) < 4.78 is 0. The van der Waals surface area contributed by atoms with Gasteiger partial charge < -0.3 is 5.11 Å². The molecule has 12 heavy (non-hydrogen) atoms. The molecular weight excluding hydrogens is 254 g/mol. The molecule has 0 bridgehead atoms. The Balaban J connectivity index is -0.000000405. The van der Waals surface area contributed by atoms with Crippen LogP contribution in [0.1, 0.15) is 45.4 Å². The predicted molar refractivity (Wildman–Crippen MR) is 43.5 cm³/mol. The summed E-state index contributed by atoms with van der Waals surface area (Å²) in [5.74, 6) is -0.670. The number of carbonyl (C=O) groups is 1. The Morgan fingerprint density at radius 1 is 1.17 bits per heavy atom. The minimum absolute atomic E-state index is 0. The largest absolute Gasteiger partial charge is 0.481 e. The van der Waals surface area contributed by atoms with Crippen LogP contribution in [0.3, 0.4) is 0 Å². The van der Waals surface area contributed by atoms with E-state index in [9.17, 15) is 4.79 Å². The molecule has 78 valence electrons. The third-order valence-corrected chi connectivity index (χ3v) is 1.49. The second-order valence-corrected chi connectivity index (χ2v) is 2.56. The fourth-order valence-corrected chi connectivity index (χ4v) is 0.880. The van der Waals surface area contributed by atoms with Crippen LogP contribution < -0.4 is 0 Å². The van der Waals surface area contributed by atoms with E-state index in [1.807, 2.05) is 0 Å². The molecule has 0 rings (SSSR count). The van der Waals surface area contributed by atoms with Gasteiger partial charge in [0.25, 0.3) is 0 Å². The molecule has 4 heteroatoms. The first-order chi connectivity index (χ1) is 4.77. The maximum atomic E-state index is 10.0. The van der Waals surface area contributed by atoms with E-state index in [1.165, 1.54) is 19.3 Å². The van der Waals surface area contributed by atoms with Gasteiger partial charge in [-0.2, -0.15) is 0 Å². The van der Waals surface area contributed by atoms with Gasteiger partial charge in [0.1, 0.15) is 0 Å². The van der Waals surface area contributed by atoms with E-state index in [-0.39, 0.29) is 25.1 Å². The normalized spacial score (nSPS) is 8.08. The van der Waals surface area contributed by atoms with Gasteiger partial charge in [-0.25, -0.2) is 0 Å². The van der Waals surface area contributed by atoms with Crippen molar-refractivity contribution in [3.8, 4) is 0 Å². The van der Waals surface area contributed by atoms with Crippen molar-refractivity contribution in [2.24, 2.45) is 0 Å². The summed E-state index contributed by atoms with van der Waals surface area (Å²) >= 11 is 0. The first kappa shape index (κ1) is 18.0. The van der Waals surface area contributed by atoms with Gasteiger partial charge in [-0.1, -0.05) is 32.6 Å².